The number of nitrogens with one attached hydrogen (secondary N) is 1. The van der Waals surface area contributed by atoms with Gasteiger partial charge in [0.25, 0.3) is 0 Å². The standard InChI is InChI=1S/C10H24N4O3S/c1-3-14(18(2,16)17)9-5-8-12-7-4-6-10(11)13-15/h12,15H,3-9H2,1-2H3,(H2,11,13). The maximum Gasteiger partial charge on any atom is 0.211 e. The molecule has 0 unspecified atom stereocenters. The van der Waals surface area contributed by atoms with Gasteiger partial charge in [-0.25, -0.2) is 12.7 Å². The SMILES string of the molecule is CCN(CCCNCCCC(N)=NO)S(C)(=O)=O. The lowest BCUT2D eigenvalue weighted by Crippen LogP contribution is -2.32. The van der Waals surface area contributed by atoms with Crippen LogP contribution in [0.15, 0.2) is 5.16 Å². The second kappa shape index (κ2) is 9.12. The fraction of sp³-hybridized carbons (Fsp3) is 0.900. The second-order valence-electron chi connectivity index (χ2n) is 4.05. The lowest BCUT2D eigenvalue weighted by Gasteiger charge is -2.17. The van der Waals surface area contributed by atoms with Crippen molar-refractivity contribution in [2.24, 2.45) is 10.9 Å². The van der Waals surface area contributed by atoms with E-state index in [-0.39, 0.29) is 5.84 Å². The molecule has 18 heavy (non-hydrogen) atoms. The quantitative estimate of drug-likeness (QED) is 0.168. The van der Waals surface area contributed by atoms with Crippen LogP contribution in [-0.4, -0.2) is 56.2 Å². The van der Waals surface area contributed by atoms with Gasteiger partial charge in [0, 0.05) is 19.5 Å². The first-order valence-electron chi connectivity index (χ1n) is 6.04. The predicted molar refractivity (Wildman–Crippen MR) is 72.2 cm³/mol. The molecule has 0 aromatic heterocycles. The van der Waals surface area contributed by atoms with Crippen LogP contribution < -0.4 is 11.1 Å². The van der Waals surface area contributed by atoms with E-state index in [1.165, 1.54) is 10.6 Å². The molecule has 0 radical (unpaired) electrons. The van der Waals surface area contributed by atoms with Gasteiger partial charge < -0.3 is 16.3 Å². The van der Waals surface area contributed by atoms with Crippen LogP contribution in [0.1, 0.15) is 26.2 Å². The van der Waals surface area contributed by atoms with E-state index in [9.17, 15) is 8.42 Å². The maximum absolute atomic E-state index is 11.3. The van der Waals surface area contributed by atoms with E-state index in [1.54, 1.807) is 0 Å². The fourth-order valence-corrected chi connectivity index (χ4v) is 2.44. The molecule has 0 fully saturated rings. The van der Waals surface area contributed by atoms with Crippen molar-refractivity contribution < 1.29 is 13.6 Å². The number of sulfonamides is 1. The zero-order chi connectivity index (χ0) is 14.0. The Labute approximate surface area is 109 Å². The summed E-state index contributed by atoms with van der Waals surface area (Å²) in [7, 11) is -3.08. The van der Waals surface area contributed by atoms with Crippen LogP contribution in [0.5, 0.6) is 0 Å². The van der Waals surface area contributed by atoms with Crippen molar-refractivity contribution in [3.8, 4) is 0 Å². The highest BCUT2D eigenvalue weighted by Gasteiger charge is 2.12. The minimum atomic E-state index is -3.08. The highest BCUT2D eigenvalue weighted by Crippen LogP contribution is 1.98. The third kappa shape index (κ3) is 8.26. The molecule has 0 heterocycles. The molecule has 0 bridgehead atoms. The normalized spacial score (nSPS) is 13.2. The lowest BCUT2D eigenvalue weighted by molar-refractivity contribution is 0.316. The zero-order valence-electron chi connectivity index (χ0n) is 11.1. The molecule has 0 atom stereocenters. The Morgan fingerprint density at radius 1 is 1.39 bits per heavy atom. The van der Waals surface area contributed by atoms with Gasteiger partial charge in [0.2, 0.25) is 10.0 Å². The average Bonchev–Trinajstić information content (AvgIpc) is 2.30. The van der Waals surface area contributed by atoms with Gasteiger partial charge in [0.1, 0.15) is 5.84 Å². The summed E-state index contributed by atoms with van der Waals surface area (Å²) in [5.74, 6) is 0.228. The highest BCUT2D eigenvalue weighted by atomic mass is 32.2. The first-order chi connectivity index (χ1) is 8.41. The molecule has 0 aromatic carbocycles. The number of rotatable bonds is 10. The number of hydrogen-bond donors (Lipinski definition) is 3. The number of amidine groups is 1. The smallest absolute Gasteiger partial charge is 0.211 e. The monoisotopic (exact) mass is 280 g/mol. The molecule has 7 nitrogen and oxygen atoms in total. The van der Waals surface area contributed by atoms with E-state index >= 15 is 0 Å². The molecule has 0 aliphatic carbocycles. The Morgan fingerprint density at radius 2 is 2.00 bits per heavy atom. The van der Waals surface area contributed by atoms with Crippen molar-refractivity contribution in [1.29, 1.82) is 0 Å². The molecule has 0 spiro atoms. The van der Waals surface area contributed by atoms with Gasteiger partial charge in [-0.15, -0.1) is 0 Å². The van der Waals surface area contributed by atoms with Crippen LogP contribution in [0.4, 0.5) is 0 Å². The molecular formula is C10H24N4O3S. The molecule has 4 N–H and O–H groups in total. The molecule has 0 amide bonds. The van der Waals surface area contributed by atoms with Crippen LogP contribution in [0.3, 0.4) is 0 Å². The topological polar surface area (TPSA) is 108 Å². The molecular weight excluding hydrogens is 256 g/mol. The van der Waals surface area contributed by atoms with Crippen LogP contribution in [0.25, 0.3) is 0 Å². The van der Waals surface area contributed by atoms with Gasteiger partial charge in [-0.3, -0.25) is 0 Å². The zero-order valence-corrected chi connectivity index (χ0v) is 11.9. The summed E-state index contributed by atoms with van der Waals surface area (Å²) in [6.07, 6.45) is 3.33. The van der Waals surface area contributed by atoms with E-state index in [0.29, 0.717) is 19.5 Å². The Kier molecular flexibility index (Phi) is 8.69. The third-order valence-corrected chi connectivity index (χ3v) is 3.88. The summed E-state index contributed by atoms with van der Waals surface area (Å²) in [5, 5.41) is 14.4. The Bertz CT molecular complexity index is 343. The number of nitrogens with two attached hydrogens (primary N) is 1. The van der Waals surface area contributed by atoms with E-state index in [2.05, 4.69) is 10.5 Å². The second-order valence-corrected chi connectivity index (χ2v) is 6.04. The summed E-state index contributed by atoms with van der Waals surface area (Å²) in [6, 6.07) is 0. The molecule has 0 aliphatic heterocycles. The number of hydrogen-bond acceptors (Lipinski definition) is 5. The number of oxime groups is 1. The maximum atomic E-state index is 11.3. The van der Waals surface area contributed by atoms with Crippen LogP contribution in [0, 0.1) is 0 Å². The molecule has 0 aliphatic rings. The molecule has 0 rings (SSSR count). The first kappa shape index (κ1) is 17.1. The van der Waals surface area contributed by atoms with Crippen molar-refractivity contribution in [2.75, 3.05) is 32.4 Å². The van der Waals surface area contributed by atoms with E-state index in [1.807, 2.05) is 6.92 Å². The molecule has 0 aromatic rings. The summed E-state index contributed by atoms with van der Waals surface area (Å²) in [6.45, 7) is 4.37. The molecule has 108 valence electrons. The van der Waals surface area contributed by atoms with Gasteiger partial charge in [0.05, 0.1) is 6.26 Å². The molecule has 0 saturated heterocycles. The Hall–Kier alpha value is -0.860. The Morgan fingerprint density at radius 3 is 2.50 bits per heavy atom. The first-order valence-corrected chi connectivity index (χ1v) is 7.88. The van der Waals surface area contributed by atoms with Crippen molar-refractivity contribution in [1.82, 2.24) is 9.62 Å². The average molecular weight is 280 g/mol. The van der Waals surface area contributed by atoms with Gasteiger partial charge in [-0.05, 0) is 25.9 Å². The molecule has 0 saturated carbocycles. The van der Waals surface area contributed by atoms with Crippen LogP contribution in [-0.2, 0) is 10.0 Å². The van der Waals surface area contributed by atoms with Crippen molar-refractivity contribution in [3.63, 3.8) is 0 Å². The third-order valence-electron chi connectivity index (χ3n) is 2.50. The summed E-state index contributed by atoms with van der Waals surface area (Å²) in [4.78, 5) is 0. The fourth-order valence-electron chi connectivity index (χ4n) is 1.51. The largest absolute Gasteiger partial charge is 0.409 e. The minimum absolute atomic E-state index is 0.228. The predicted octanol–water partition coefficient (Wildman–Crippen LogP) is -0.226. The van der Waals surface area contributed by atoms with Crippen LogP contribution >= 0.6 is 0 Å². The molecule has 8 heteroatoms. The van der Waals surface area contributed by atoms with E-state index in [4.69, 9.17) is 10.9 Å². The lowest BCUT2D eigenvalue weighted by atomic mass is 10.3. The van der Waals surface area contributed by atoms with Crippen LogP contribution in [0.2, 0.25) is 0 Å². The summed E-state index contributed by atoms with van der Waals surface area (Å²) >= 11 is 0. The Balaban J connectivity index is 3.57. The van der Waals surface area contributed by atoms with Gasteiger partial charge in [-0.1, -0.05) is 12.1 Å². The summed E-state index contributed by atoms with van der Waals surface area (Å²) in [5.41, 5.74) is 5.32. The van der Waals surface area contributed by atoms with Gasteiger partial charge in [0.15, 0.2) is 0 Å². The minimum Gasteiger partial charge on any atom is -0.409 e. The van der Waals surface area contributed by atoms with E-state index in [0.717, 1.165) is 25.9 Å². The van der Waals surface area contributed by atoms with Crippen molar-refractivity contribution >= 4 is 15.9 Å². The van der Waals surface area contributed by atoms with Gasteiger partial charge in [-0.2, -0.15) is 0 Å². The van der Waals surface area contributed by atoms with E-state index < -0.39 is 10.0 Å². The highest BCUT2D eigenvalue weighted by molar-refractivity contribution is 7.88. The van der Waals surface area contributed by atoms with Crippen molar-refractivity contribution in [3.05, 3.63) is 0 Å². The van der Waals surface area contributed by atoms with Gasteiger partial charge >= 0.3 is 0 Å². The summed E-state index contributed by atoms with van der Waals surface area (Å²) < 4.78 is 24.0. The number of nitrogens with zero attached hydrogens (tertiary/aromatic N) is 2. The van der Waals surface area contributed by atoms with Crippen molar-refractivity contribution in [2.45, 2.75) is 26.2 Å².